The van der Waals surface area contributed by atoms with Crippen LogP contribution >= 0.6 is 0 Å². The van der Waals surface area contributed by atoms with E-state index in [1.165, 1.54) is 39.0 Å². The summed E-state index contributed by atoms with van der Waals surface area (Å²) in [6, 6.07) is 0.568. The summed E-state index contributed by atoms with van der Waals surface area (Å²) in [6.07, 6.45) is 2.46. The van der Waals surface area contributed by atoms with Crippen LogP contribution in [0.15, 0.2) is 4.99 Å². The van der Waals surface area contributed by atoms with Gasteiger partial charge in [0.15, 0.2) is 5.96 Å². The van der Waals surface area contributed by atoms with Crippen molar-refractivity contribution in [1.82, 2.24) is 20.4 Å². The van der Waals surface area contributed by atoms with Crippen molar-refractivity contribution in [2.75, 3.05) is 53.4 Å². The number of hydrogen-bond donors (Lipinski definition) is 2. The number of likely N-dealkylation sites (N-methyl/N-ethyl adjacent to an activating group) is 1. The van der Waals surface area contributed by atoms with E-state index in [1.807, 2.05) is 7.05 Å². The van der Waals surface area contributed by atoms with Crippen LogP contribution in [0, 0.1) is 11.8 Å². The predicted molar refractivity (Wildman–Crippen MR) is 101 cm³/mol. The highest BCUT2D eigenvalue weighted by Crippen LogP contribution is 2.12. The Morgan fingerprint density at radius 2 is 1.70 bits per heavy atom. The number of nitrogens with zero attached hydrogens (tertiary/aromatic N) is 3. The van der Waals surface area contributed by atoms with E-state index >= 15 is 0 Å². The summed E-state index contributed by atoms with van der Waals surface area (Å²) < 4.78 is 0. The van der Waals surface area contributed by atoms with Gasteiger partial charge in [0.25, 0.3) is 0 Å². The van der Waals surface area contributed by atoms with E-state index in [1.54, 1.807) is 0 Å². The third-order valence-corrected chi connectivity index (χ3v) is 4.73. The lowest BCUT2D eigenvalue weighted by Crippen LogP contribution is -2.55. The molecule has 1 saturated heterocycles. The molecule has 23 heavy (non-hydrogen) atoms. The van der Waals surface area contributed by atoms with Gasteiger partial charge in [0.05, 0.1) is 0 Å². The summed E-state index contributed by atoms with van der Waals surface area (Å²) in [5.41, 5.74) is 0. The van der Waals surface area contributed by atoms with Gasteiger partial charge in [-0.2, -0.15) is 0 Å². The van der Waals surface area contributed by atoms with Gasteiger partial charge >= 0.3 is 0 Å². The molecule has 0 bridgehead atoms. The minimum absolute atomic E-state index is 0.568. The van der Waals surface area contributed by atoms with Crippen LogP contribution in [0.25, 0.3) is 0 Å². The predicted octanol–water partition coefficient (Wildman–Crippen LogP) is 1.86. The third-order valence-electron chi connectivity index (χ3n) is 4.73. The normalized spacial score (nSPS) is 19.4. The Hall–Kier alpha value is -0.810. The van der Waals surface area contributed by atoms with Gasteiger partial charge < -0.3 is 15.5 Å². The van der Waals surface area contributed by atoms with Gasteiger partial charge in [0, 0.05) is 52.4 Å². The van der Waals surface area contributed by atoms with Crippen molar-refractivity contribution in [1.29, 1.82) is 0 Å². The van der Waals surface area contributed by atoms with Gasteiger partial charge in [0.2, 0.25) is 0 Å². The second-order valence-electron chi connectivity index (χ2n) is 7.57. The zero-order valence-corrected chi connectivity index (χ0v) is 16.2. The van der Waals surface area contributed by atoms with Gasteiger partial charge in [0.1, 0.15) is 0 Å². The number of nitrogens with one attached hydrogen (secondary N) is 2. The van der Waals surface area contributed by atoms with Crippen LogP contribution in [0.2, 0.25) is 0 Å². The van der Waals surface area contributed by atoms with Gasteiger partial charge in [-0.25, -0.2) is 0 Å². The molecule has 2 N–H and O–H groups in total. The second kappa shape index (κ2) is 10.9. The minimum atomic E-state index is 0.568. The summed E-state index contributed by atoms with van der Waals surface area (Å²) >= 11 is 0. The average molecular weight is 326 g/mol. The van der Waals surface area contributed by atoms with Crippen molar-refractivity contribution in [2.45, 2.75) is 46.6 Å². The van der Waals surface area contributed by atoms with Gasteiger partial charge in [-0.15, -0.1) is 0 Å². The molecule has 1 unspecified atom stereocenters. The topological polar surface area (TPSA) is 42.9 Å². The molecule has 1 atom stereocenters. The van der Waals surface area contributed by atoms with E-state index < -0.39 is 0 Å². The molecular formula is C18H39N5. The Morgan fingerprint density at radius 1 is 1.04 bits per heavy atom. The SMILES string of the molecule is CN=C(NCCCC(C)C)NCC(C(C)C)N1CCN(C)CC1. The molecule has 1 aliphatic rings. The maximum Gasteiger partial charge on any atom is 0.191 e. The summed E-state index contributed by atoms with van der Waals surface area (Å²) in [5, 5.41) is 6.97. The zero-order chi connectivity index (χ0) is 17.2. The van der Waals surface area contributed by atoms with E-state index in [0.29, 0.717) is 12.0 Å². The fourth-order valence-electron chi connectivity index (χ4n) is 3.08. The van der Waals surface area contributed by atoms with E-state index in [4.69, 9.17) is 0 Å². The highest BCUT2D eigenvalue weighted by atomic mass is 15.3. The Labute approximate surface area is 143 Å². The van der Waals surface area contributed by atoms with Crippen molar-refractivity contribution >= 4 is 5.96 Å². The lowest BCUT2D eigenvalue weighted by atomic mass is 10.0. The highest BCUT2D eigenvalue weighted by Gasteiger charge is 2.24. The van der Waals surface area contributed by atoms with E-state index in [2.05, 4.69) is 60.2 Å². The van der Waals surface area contributed by atoms with Crippen LogP contribution < -0.4 is 10.6 Å². The molecule has 1 rings (SSSR count). The quantitative estimate of drug-likeness (QED) is 0.406. The van der Waals surface area contributed by atoms with E-state index in [0.717, 1.165) is 25.0 Å². The first-order chi connectivity index (χ1) is 10.9. The zero-order valence-electron chi connectivity index (χ0n) is 16.2. The molecule has 136 valence electrons. The molecule has 0 aromatic rings. The van der Waals surface area contributed by atoms with Crippen molar-refractivity contribution < 1.29 is 0 Å². The molecular weight excluding hydrogens is 286 g/mol. The number of guanidine groups is 1. The number of aliphatic imine (C=N–C) groups is 1. The van der Waals surface area contributed by atoms with E-state index in [-0.39, 0.29) is 0 Å². The maximum absolute atomic E-state index is 4.36. The Morgan fingerprint density at radius 3 is 2.22 bits per heavy atom. The molecule has 1 heterocycles. The van der Waals surface area contributed by atoms with E-state index in [9.17, 15) is 0 Å². The second-order valence-corrected chi connectivity index (χ2v) is 7.57. The molecule has 0 saturated carbocycles. The van der Waals surface area contributed by atoms with Crippen molar-refractivity contribution in [3.8, 4) is 0 Å². The fourth-order valence-corrected chi connectivity index (χ4v) is 3.08. The van der Waals surface area contributed by atoms with Gasteiger partial charge in [-0.3, -0.25) is 9.89 Å². The standard InChI is InChI=1S/C18H39N5/c1-15(2)8-7-9-20-18(19-5)21-14-17(16(3)4)23-12-10-22(6)11-13-23/h15-17H,7-14H2,1-6H3,(H2,19,20,21). The minimum Gasteiger partial charge on any atom is -0.356 e. The lowest BCUT2D eigenvalue weighted by Gasteiger charge is -2.40. The molecule has 0 aliphatic carbocycles. The molecule has 1 fully saturated rings. The first kappa shape index (κ1) is 20.2. The third kappa shape index (κ3) is 8.02. The maximum atomic E-state index is 4.36. The van der Waals surface area contributed by atoms with Crippen LogP contribution in [-0.4, -0.2) is 75.2 Å². The first-order valence-corrected chi connectivity index (χ1v) is 9.31. The van der Waals surface area contributed by atoms with Crippen LogP contribution in [0.1, 0.15) is 40.5 Å². The highest BCUT2D eigenvalue weighted by molar-refractivity contribution is 5.79. The Kier molecular flexibility index (Phi) is 9.56. The van der Waals surface area contributed by atoms with Crippen LogP contribution in [-0.2, 0) is 0 Å². The molecule has 0 aromatic carbocycles. The largest absolute Gasteiger partial charge is 0.356 e. The summed E-state index contributed by atoms with van der Waals surface area (Å²) in [6.45, 7) is 15.8. The number of rotatable bonds is 8. The molecule has 0 radical (unpaired) electrons. The summed E-state index contributed by atoms with van der Waals surface area (Å²) in [5.74, 6) is 2.35. The average Bonchev–Trinajstić information content (AvgIpc) is 2.50. The molecule has 0 amide bonds. The molecule has 1 aliphatic heterocycles. The molecule has 0 spiro atoms. The number of piperazine rings is 1. The van der Waals surface area contributed by atoms with Crippen LogP contribution in [0.3, 0.4) is 0 Å². The smallest absolute Gasteiger partial charge is 0.191 e. The Balaban J connectivity index is 2.37. The Bertz CT molecular complexity index is 332. The fraction of sp³-hybridized carbons (Fsp3) is 0.944. The first-order valence-electron chi connectivity index (χ1n) is 9.31. The molecule has 5 heteroatoms. The summed E-state index contributed by atoms with van der Waals surface area (Å²) in [7, 11) is 4.07. The van der Waals surface area contributed by atoms with Crippen LogP contribution in [0.4, 0.5) is 0 Å². The van der Waals surface area contributed by atoms with Crippen molar-refractivity contribution in [3.05, 3.63) is 0 Å². The van der Waals surface area contributed by atoms with Gasteiger partial charge in [-0.05, 0) is 31.7 Å². The molecule has 0 aromatic heterocycles. The van der Waals surface area contributed by atoms with Crippen molar-refractivity contribution in [3.63, 3.8) is 0 Å². The number of hydrogen-bond acceptors (Lipinski definition) is 3. The lowest BCUT2D eigenvalue weighted by molar-refractivity contribution is 0.0900. The molecule has 5 nitrogen and oxygen atoms in total. The van der Waals surface area contributed by atoms with Crippen molar-refractivity contribution in [2.24, 2.45) is 16.8 Å². The van der Waals surface area contributed by atoms with Crippen LogP contribution in [0.5, 0.6) is 0 Å². The monoisotopic (exact) mass is 325 g/mol. The summed E-state index contributed by atoms with van der Waals surface area (Å²) in [4.78, 5) is 9.40. The van der Waals surface area contributed by atoms with Gasteiger partial charge in [-0.1, -0.05) is 27.7 Å².